The molecule has 1 heterocycles. The Kier molecular flexibility index (Phi) is 6.91. The van der Waals surface area contributed by atoms with Crippen molar-refractivity contribution in [3.05, 3.63) is 64.1 Å². The minimum absolute atomic E-state index is 0.151. The smallest absolute Gasteiger partial charge is 0.254 e. The Hall–Kier alpha value is -2.73. The van der Waals surface area contributed by atoms with Crippen LogP contribution in [0, 0.1) is 6.92 Å². The van der Waals surface area contributed by atoms with Crippen LogP contribution in [0.1, 0.15) is 47.8 Å². The third-order valence-electron chi connectivity index (χ3n) is 4.26. The van der Waals surface area contributed by atoms with E-state index >= 15 is 0 Å². The highest BCUT2D eigenvalue weighted by Gasteiger charge is 2.16. The summed E-state index contributed by atoms with van der Waals surface area (Å²) in [5, 5.41) is 7.50. The summed E-state index contributed by atoms with van der Waals surface area (Å²) < 4.78 is 1.78. The highest BCUT2D eigenvalue weighted by atomic mass is 35.5. The number of nitrogens with zero attached hydrogens (tertiary/aromatic N) is 4. The van der Waals surface area contributed by atoms with E-state index in [2.05, 4.69) is 27.1 Å². The number of aryl methyl sites for hydroxylation is 1. The van der Waals surface area contributed by atoms with E-state index in [-0.39, 0.29) is 16.6 Å². The predicted molar refractivity (Wildman–Crippen MR) is 116 cm³/mol. The molecule has 0 saturated carbocycles. The summed E-state index contributed by atoms with van der Waals surface area (Å²) in [5.41, 5.74) is 4.07. The van der Waals surface area contributed by atoms with Gasteiger partial charge in [-0.2, -0.15) is 5.10 Å². The molecule has 0 saturated heterocycles. The van der Waals surface area contributed by atoms with Crippen LogP contribution in [-0.4, -0.2) is 35.2 Å². The van der Waals surface area contributed by atoms with E-state index in [9.17, 15) is 4.79 Å². The Balaban J connectivity index is 2.10. The van der Waals surface area contributed by atoms with Crippen LogP contribution in [0.3, 0.4) is 0 Å². The molecule has 2 aromatic rings. The van der Waals surface area contributed by atoms with Gasteiger partial charge in [0.2, 0.25) is 0 Å². The Labute approximate surface area is 171 Å². The maximum absolute atomic E-state index is 12.4. The van der Waals surface area contributed by atoms with Gasteiger partial charge in [-0.1, -0.05) is 23.7 Å². The Morgan fingerprint density at radius 1 is 1.36 bits per heavy atom. The van der Waals surface area contributed by atoms with E-state index in [1.807, 2.05) is 45.9 Å². The molecule has 0 spiro atoms. The van der Waals surface area contributed by atoms with Crippen LogP contribution < -0.4 is 5.32 Å². The van der Waals surface area contributed by atoms with Crippen molar-refractivity contribution in [1.82, 2.24) is 15.1 Å². The molecule has 1 aromatic carbocycles. The first-order valence-electron chi connectivity index (χ1n) is 8.89. The highest BCUT2D eigenvalue weighted by molar-refractivity contribution is 6.32. The van der Waals surface area contributed by atoms with E-state index in [1.54, 1.807) is 30.2 Å². The van der Waals surface area contributed by atoms with Gasteiger partial charge in [0, 0.05) is 31.4 Å². The average molecular weight is 400 g/mol. The van der Waals surface area contributed by atoms with E-state index in [4.69, 9.17) is 11.6 Å². The summed E-state index contributed by atoms with van der Waals surface area (Å²) in [5.74, 6) is -0.151. The average Bonchev–Trinajstić information content (AvgIpc) is 3.15. The zero-order valence-electron chi connectivity index (χ0n) is 17.0. The number of rotatable bonds is 6. The molecular formula is C21H26ClN5O. The van der Waals surface area contributed by atoms with Crippen molar-refractivity contribution in [2.75, 3.05) is 7.05 Å². The number of carbonyl (C=O) groups excluding carboxylic acids is 1. The fourth-order valence-electron chi connectivity index (χ4n) is 2.57. The van der Waals surface area contributed by atoms with Gasteiger partial charge in [-0.05, 0) is 51.6 Å². The summed E-state index contributed by atoms with van der Waals surface area (Å²) in [6, 6.07) is 5.92. The topological polar surface area (TPSA) is 71.6 Å². The highest BCUT2D eigenvalue weighted by Crippen LogP contribution is 2.16. The Morgan fingerprint density at radius 3 is 2.61 bits per heavy atom. The fraction of sp³-hybridized carbons (Fsp3) is 0.333. The summed E-state index contributed by atoms with van der Waals surface area (Å²) in [7, 11) is 1.69. The molecular weight excluding hydrogens is 374 g/mol. The summed E-state index contributed by atoms with van der Waals surface area (Å²) >= 11 is 5.93. The normalized spacial score (nSPS) is 12.8. The second-order valence-corrected chi connectivity index (χ2v) is 7.79. The van der Waals surface area contributed by atoms with Gasteiger partial charge in [0.05, 0.1) is 23.0 Å². The van der Waals surface area contributed by atoms with Gasteiger partial charge < -0.3 is 5.32 Å². The SMILES string of the molecule is C=N/C(Cl)=C\C(=NC)c1ccc(CNC(=O)c2cnn(C(C)(C)C)c2)c(C)c1. The molecule has 1 amide bonds. The maximum atomic E-state index is 12.4. The lowest BCUT2D eigenvalue weighted by Crippen LogP contribution is -2.24. The number of hydrogen-bond acceptors (Lipinski definition) is 4. The van der Waals surface area contributed by atoms with E-state index in [0.29, 0.717) is 17.8 Å². The summed E-state index contributed by atoms with van der Waals surface area (Å²) in [4.78, 5) is 20.3. The van der Waals surface area contributed by atoms with Crippen molar-refractivity contribution in [1.29, 1.82) is 0 Å². The Morgan fingerprint density at radius 2 is 2.07 bits per heavy atom. The first kappa shape index (κ1) is 21.6. The van der Waals surface area contributed by atoms with Gasteiger partial charge in [0.25, 0.3) is 5.91 Å². The van der Waals surface area contributed by atoms with Crippen molar-refractivity contribution in [2.24, 2.45) is 9.98 Å². The second-order valence-electron chi connectivity index (χ2n) is 7.40. The molecule has 0 fully saturated rings. The summed E-state index contributed by atoms with van der Waals surface area (Å²) in [6.07, 6.45) is 5.01. The molecule has 6 nitrogen and oxygen atoms in total. The van der Waals surface area contributed by atoms with Crippen LogP contribution in [0.2, 0.25) is 0 Å². The van der Waals surface area contributed by atoms with Crippen LogP contribution in [-0.2, 0) is 12.1 Å². The number of halogens is 1. The van der Waals surface area contributed by atoms with Crippen LogP contribution in [0.15, 0.2) is 51.8 Å². The van der Waals surface area contributed by atoms with Gasteiger partial charge in [-0.25, -0.2) is 0 Å². The van der Waals surface area contributed by atoms with Crippen LogP contribution in [0.5, 0.6) is 0 Å². The number of aromatic nitrogens is 2. The fourth-order valence-corrected chi connectivity index (χ4v) is 2.68. The number of carbonyl (C=O) groups is 1. The van der Waals surface area contributed by atoms with Crippen LogP contribution in [0.25, 0.3) is 0 Å². The lowest BCUT2D eigenvalue weighted by atomic mass is 10.0. The molecule has 7 heteroatoms. The maximum Gasteiger partial charge on any atom is 0.254 e. The number of amides is 1. The minimum atomic E-state index is -0.165. The first-order valence-corrected chi connectivity index (χ1v) is 9.27. The molecule has 0 unspecified atom stereocenters. The van der Waals surface area contributed by atoms with E-state index in [0.717, 1.165) is 16.7 Å². The van der Waals surface area contributed by atoms with Gasteiger partial charge >= 0.3 is 0 Å². The lowest BCUT2D eigenvalue weighted by molar-refractivity contribution is 0.0950. The van der Waals surface area contributed by atoms with Gasteiger partial charge in [-0.15, -0.1) is 0 Å². The number of allylic oxidation sites excluding steroid dienone is 1. The predicted octanol–water partition coefficient (Wildman–Crippen LogP) is 4.08. The molecule has 0 atom stereocenters. The van der Waals surface area contributed by atoms with Crippen molar-refractivity contribution in [3.8, 4) is 0 Å². The largest absolute Gasteiger partial charge is 0.348 e. The molecule has 0 radical (unpaired) electrons. The molecule has 0 aliphatic rings. The van der Waals surface area contributed by atoms with Crippen LogP contribution in [0.4, 0.5) is 0 Å². The zero-order valence-corrected chi connectivity index (χ0v) is 17.7. The molecule has 0 aliphatic heterocycles. The second kappa shape index (κ2) is 8.97. The molecule has 28 heavy (non-hydrogen) atoms. The van der Waals surface area contributed by atoms with Gasteiger partial charge in [0.1, 0.15) is 5.16 Å². The van der Waals surface area contributed by atoms with E-state index in [1.165, 1.54) is 0 Å². The molecule has 1 N–H and O–H groups in total. The van der Waals surface area contributed by atoms with Gasteiger partial charge in [0.15, 0.2) is 0 Å². The van der Waals surface area contributed by atoms with Gasteiger partial charge in [-0.3, -0.25) is 19.5 Å². The molecule has 0 aliphatic carbocycles. The summed E-state index contributed by atoms with van der Waals surface area (Å²) in [6.45, 7) is 11.9. The standard InChI is InChI=1S/C21H26ClN5O/c1-14-9-15(18(23-5)10-19(22)24-6)7-8-16(14)11-25-20(28)17-12-26-27(13-17)21(2,3)4/h7-10,12-13H,6,11H2,1-5H3,(H,25,28)/b19-10-,23-18?. The zero-order chi connectivity index (χ0) is 20.9. The van der Waals surface area contributed by atoms with Crippen LogP contribution >= 0.6 is 11.6 Å². The van der Waals surface area contributed by atoms with Crippen molar-refractivity contribution >= 4 is 29.9 Å². The third-order valence-corrected chi connectivity index (χ3v) is 4.49. The lowest BCUT2D eigenvalue weighted by Gasteiger charge is -2.18. The molecule has 0 bridgehead atoms. The van der Waals surface area contributed by atoms with Crippen molar-refractivity contribution in [2.45, 2.75) is 39.8 Å². The number of nitrogens with one attached hydrogen (secondary N) is 1. The number of aliphatic imine (C=N–C) groups is 2. The number of benzene rings is 1. The Bertz CT molecular complexity index is 935. The minimum Gasteiger partial charge on any atom is -0.348 e. The monoisotopic (exact) mass is 399 g/mol. The first-order chi connectivity index (χ1) is 13.2. The molecule has 148 valence electrons. The van der Waals surface area contributed by atoms with Crippen molar-refractivity contribution < 1.29 is 4.79 Å². The molecule has 2 rings (SSSR count). The van der Waals surface area contributed by atoms with E-state index < -0.39 is 0 Å². The number of hydrogen-bond donors (Lipinski definition) is 1. The third kappa shape index (κ3) is 5.39. The van der Waals surface area contributed by atoms with Crippen molar-refractivity contribution in [3.63, 3.8) is 0 Å². The quantitative estimate of drug-likeness (QED) is 0.587. The molecule has 1 aromatic heterocycles.